The van der Waals surface area contributed by atoms with Crippen LogP contribution < -0.4 is 4.74 Å². The van der Waals surface area contributed by atoms with Crippen LogP contribution in [0.5, 0.6) is 5.75 Å². The number of benzene rings is 1. The molecule has 2 rings (SSSR count). The van der Waals surface area contributed by atoms with Crippen LogP contribution >= 0.6 is 38.2 Å². The fourth-order valence-corrected chi connectivity index (χ4v) is 4.92. The maximum Gasteiger partial charge on any atom is 0.233 e. The molecular formula is C13H15BrCl2O4S. The lowest BCUT2D eigenvalue weighted by atomic mass is 9.83. The zero-order chi connectivity index (χ0) is 15.5. The second-order valence-corrected chi connectivity index (χ2v) is 9.23. The van der Waals surface area contributed by atoms with Crippen LogP contribution in [0.1, 0.15) is 12.8 Å². The zero-order valence-electron chi connectivity index (χ0n) is 11.1. The third-order valence-electron chi connectivity index (χ3n) is 3.46. The molecule has 0 spiro atoms. The molecule has 118 valence electrons. The number of halogens is 3. The third kappa shape index (κ3) is 5.28. The SMILES string of the molecule is O=S(=O)(Cl)CC1(COc2ccc(Cl)cc2Br)CCOCC1. The summed E-state index contributed by atoms with van der Waals surface area (Å²) < 4.78 is 34.8. The molecule has 0 radical (unpaired) electrons. The van der Waals surface area contributed by atoms with Crippen molar-refractivity contribution in [2.75, 3.05) is 25.6 Å². The topological polar surface area (TPSA) is 52.6 Å². The van der Waals surface area contributed by atoms with Crippen LogP contribution in [0.3, 0.4) is 0 Å². The van der Waals surface area contributed by atoms with Gasteiger partial charge < -0.3 is 9.47 Å². The minimum atomic E-state index is -3.60. The van der Waals surface area contributed by atoms with Crippen molar-refractivity contribution < 1.29 is 17.9 Å². The smallest absolute Gasteiger partial charge is 0.233 e. The number of hydrogen-bond acceptors (Lipinski definition) is 4. The molecular weight excluding hydrogens is 403 g/mol. The standard InChI is InChI=1S/C13H15BrCl2O4S/c14-11-7-10(15)1-2-12(11)20-8-13(9-21(16,17)18)3-5-19-6-4-13/h1-2,7H,3-6,8-9H2. The van der Waals surface area contributed by atoms with E-state index in [0.717, 1.165) is 4.47 Å². The first-order chi connectivity index (χ1) is 9.80. The Balaban J connectivity index is 2.12. The molecule has 0 atom stereocenters. The Morgan fingerprint density at radius 3 is 2.57 bits per heavy atom. The van der Waals surface area contributed by atoms with E-state index in [9.17, 15) is 8.42 Å². The minimum absolute atomic E-state index is 0.115. The first kappa shape index (κ1) is 17.3. The molecule has 4 nitrogen and oxygen atoms in total. The van der Waals surface area contributed by atoms with Crippen molar-refractivity contribution in [2.45, 2.75) is 12.8 Å². The Kier molecular flexibility index (Phi) is 5.82. The number of hydrogen-bond donors (Lipinski definition) is 0. The molecule has 1 saturated heterocycles. The Labute approximate surface area is 142 Å². The van der Waals surface area contributed by atoms with Gasteiger partial charge in [-0.2, -0.15) is 0 Å². The van der Waals surface area contributed by atoms with Crippen molar-refractivity contribution in [3.63, 3.8) is 0 Å². The summed E-state index contributed by atoms with van der Waals surface area (Å²) in [7, 11) is 1.84. The second-order valence-electron chi connectivity index (χ2n) is 5.16. The van der Waals surface area contributed by atoms with Crippen LogP contribution in [0, 0.1) is 5.41 Å². The van der Waals surface area contributed by atoms with Crippen molar-refractivity contribution >= 4 is 47.3 Å². The van der Waals surface area contributed by atoms with Gasteiger partial charge in [0.1, 0.15) is 5.75 Å². The van der Waals surface area contributed by atoms with Crippen molar-refractivity contribution in [3.8, 4) is 5.75 Å². The predicted octanol–water partition coefficient (Wildman–Crippen LogP) is 3.85. The predicted molar refractivity (Wildman–Crippen MR) is 86.8 cm³/mol. The number of ether oxygens (including phenoxy) is 2. The van der Waals surface area contributed by atoms with Crippen LogP contribution in [-0.2, 0) is 13.8 Å². The van der Waals surface area contributed by atoms with Crippen LogP contribution in [0.15, 0.2) is 22.7 Å². The van der Waals surface area contributed by atoms with Crippen molar-refractivity contribution in [1.29, 1.82) is 0 Å². The van der Waals surface area contributed by atoms with E-state index in [-0.39, 0.29) is 12.4 Å². The average Bonchev–Trinajstić information content (AvgIpc) is 2.37. The van der Waals surface area contributed by atoms with Gasteiger partial charge in [0.05, 0.1) is 16.8 Å². The van der Waals surface area contributed by atoms with Crippen LogP contribution in [-0.4, -0.2) is 34.0 Å². The molecule has 1 aliphatic heterocycles. The Morgan fingerprint density at radius 2 is 2.00 bits per heavy atom. The van der Waals surface area contributed by atoms with E-state index in [1.165, 1.54) is 0 Å². The summed E-state index contributed by atoms with van der Waals surface area (Å²) in [5, 5.41) is 0.596. The molecule has 0 aromatic heterocycles. The van der Waals surface area contributed by atoms with Crippen molar-refractivity contribution in [3.05, 3.63) is 27.7 Å². The van der Waals surface area contributed by atoms with Gasteiger partial charge in [0.15, 0.2) is 0 Å². The summed E-state index contributed by atoms with van der Waals surface area (Å²) in [6.07, 6.45) is 1.20. The Hall–Kier alpha value is -0.0100. The van der Waals surface area contributed by atoms with E-state index in [1.54, 1.807) is 18.2 Å². The normalized spacial score (nSPS) is 18.4. The third-order valence-corrected chi connectivity index (χ3v) is 5.60. The highest BCUT2D eigenvalue weighted by Gasteiger charge is 2.37. The largest absolute Gasteiger partial charge is 0.492 e. The molecule has 0 aliphatic carbocycles. The quantitative estimate of drug-likeness (QED) is 0.682. The molecule has 1 aliphatic rings. The average molecular weight is 418 g/mol. The highest BCUT2D eigenvalue weighted by Crippen LogP contribution is 2.36. The van der Waals surface area contributed by atoms with Gasteiger partial charge in [0, 0.05) is 34.3 Å². The molecule has 0 saturated carbocycles. The van der Waals surface area contributed by atoms with E-state index < -0.39 is 14.5 Å². The van der Waals surface area contributed by atoms with E-state index in [2.05, 4.69) is 15.9 Å². The summed E-state index contributed by atoms with van der Waals surface area (Å²) in [5.74, 6) is 0.507. The molecule has 1 fully saturated rings. The minimum Gasteiger partial charge on any atom is -0.492 e. The zero-order valence-corrected chi connectivity index (χ0v) is 15.1. The molecule has 0 N–H and O–H groups in total. The summed E-state index contributed by atoms with van der Waals surface area (Å²) in [5.41, 5.74) is -0.516. The van der Waals surface area contributed by atoms with Crippen LogP contribution in [0.4, 0.5) is 0 Å². The summed E-state index contributed by atoms with van der Waals surface area (Å²) in [6.45, 7) is 1.29. The van der Waals surface area contributed by atoms with Crippen molar-refractivity contribution in [2.24, 2.45) is 5.41 Å². The van der Waals surface area contributed by atoms with Gasteiger partial charge in [-0.25, -0.2) is 8.42 Å². The van der Waals surface area contributed by atoms with Crippen LogP contribution in [0.25, 0.3) is 0 Å². The van der Waals surface area contributed by atoms with E-state index in [1.807, 2.05) is 0 Å². The molecule has 1 heterocycles. The fraction of sp³-hybridized carbons (Fsp3) is 0.538. The summed E-state index contributed by atoms with van der Waals surface area (Å²) >= 11 is 9.25. The van der Waals surface area contributed by atoms with Gasteiger partial charge in [-0.1, -0.05) is 11.6 Å². The summed E-state index contributed by atoms with van der Waals surface area (Å²) in [4.78, 5) is 0. The van der Waals surface area contributed by atoms with Gasteiger partial charge >= 0.3 is 0 Å². The van der Waals surface area contributed by atoms with Crippen molar-refractivity contribution in [1.82, 2.24) is 0 Å². The Bertz CT molecular complexity index is 600. The Morgan fingerprint density at radius 1 is 1.33 bits per heavy atom. The fourth-order valence-electron chi connectivity index (χ4n) is 2.32. The van der Waals surface area contributed by atoms with E-state index in [4.69, 9.17) is 31.8 Å². The molecule has 0 bridgehead atoms. The van der Waals surface area contributed by atoms with Gasteiger partial charge in [0.2, 0.25) is 9.05 Å². The lowest BCUT2D eigenvalue weighted by Gasteiger charge is -2.35. The summed E-state index contributed by atoms with van der Waals surface area (Å²) in [6, 6.07) is 5.19. The second kappa shape index (κ2) is 7.04. The van der Waals surface area contributed by atoms with E-state index >= 15 is 0 Å². The van der Waals surface area contributed by atoms with Crippen LogP contribution in [0.2, 0.25) is 5.02 Å². The van der Waals surface area contributed by atoms with Gasteiger partial charge in [-0.05, 0) is 47.0 Å². The maximum atomic E-state index is 11.5. The van der Waals surface area contributed by atoms with Gasteiger partial charge in [-0.15, -0.1) is 0 Å². The van der Waals surface area contributed by atoms with Gasteiger partial charge in [-0.3, -0.25) is 0 Å². The molecule has 0 unspecified atom stereocenters. The molecule has 21 heavy (non-hydrogen) atoms. The lowest BCUT2D eigenvalue weighted by molar-refractivity contribution is 0.00214. The number of rotatable bonds is 5. The molecule has 0 amide bonds. The molecule has 1 aromatic rings. The highest BCUT2D eigenvalue weighted by molar-refractivity contribution is 9.10. The van der Waals surface area contributed by atoms with Gasteiger partial charge in [0.25, 0.3) is 0 Å². The highest BCUT2D eigenvalue weighted by atomic mass is 79.9. The first-order valence-corrected chi connectivity index (χ1v) is 10.0. The van der Waals surface area contributed by atoms with E-state index in [0.29, 0.717) is 36.8 Å². The molecule has 8 heteroatoms. The first-order valence-electron chi connectivity index (χ1n) is 6.38. The maximum absolute atomic E-state index is 11.5. The molecule has 1 aromatic carbocycles. The monoisotopic (exact) mass is 416 g/mol. The lowest BCUT2D eigenvalue weighted by Crippen LogP contribution is -2.40.